The number of carbonyl (C=O) groups is 1. The lowest BCUT2D eigenvalue weighted by molar-refractivity contribution is 0.0479. The minimum absolute atomic E-state index is 0.136. The predicted octanol–water partition coefficient (Wildman–Crippen LogP) is 1.57. The van der Waals surface area contributed by atoms with Crippen molar-refractivity contribution >= 4 is 5.97 Å². The van der Waals surface area contributed by atoms with Gasteiger partial charge in [0.25, 0.3) is 0 Å². The van der Waals surface area contributed by atoms with Gasteiger partial charge >= 0.3 is 11.9 Å². The van der Waals surface area contributed by atoms with Crippen molar-refractivity contribution in [1.29, 1.82) is 0 Å². The summed E-state index contributed by atoms with van der Waals surface area (Å²) in [5, 5.41) is 7.48. The smallest absolute Gasteiger partial charge is 0.396 e. The molecule has 3 rings (SSSR count). The highest BCUT2D eigenvalue weighted by molar-refractivity contribution is 5.83. The number of rotatable bonds is 4. The quantitative estimate of drug-likeness (QED) is 0.783. The molecule has 7 nitrogen and oxygen atoms in total. The zero-order valence-electron chi connectivity index (χ0n) is 10.8. The van der Waals surface area contributed by atoms with Gasteiger partial charge < -0.3 is 18.6 Å². The number of hydrogen-bond donors (Lipinski definition) is 0. The van der Waals surface area contributed by atoms with E-state index >= 15 is 0 Å². The zero-order chi connectivity index (χ0) is 13.9. The number of benzene rings is 1. The van der Waals surface area contributed by atoms with Gasteiger partial charge in [-0.25, -0.2) is 4.79 Å². The van der Waals surface area contributed by atoms with Crippen molar-refractivity contribution in [3.63, 3.8) is 0 Å². The van der Waals surface area contributed by atoms with E-state index in [1.165, 1.54) is 0 Å². The fraction of sp³-hybridized carbons (Fsp3) is 0.308. The molecule has 1 aliphatic rings. The second-order valence-electron chi connectivity index (χ2n) is 4.09. The van der Waals surface area contributed by atoms with E-state index in [4.69, 9.17) is 18.6 Å². The molecule has 0 saturated carbocycles. The van der Waals surface area contributed by atoms with E-state index in [-0.39, 0.29) is 19.3 Å². The Hall–Kier alpha value is -2.57. The molecule has 0 radical (unpaired) electrons. The van der Waals surface area contributed by atoms with E-state index in [1.807, 2.05) is 18.2 Å². The van der Waals surface area contributed by atoms with Crippen LogP contribution in [-0.4, -0.2) is 29.6 Å². The first-order valence-electron chi connectivity index (χ1n) is 6.14. The van der Waals surface area contributed by atoms with E-state index in [0.29, 0.717) is 23.8 Å². The fourth-order valence-corrected chi connectivity index (χ4v) is 1.83. The molecule has 0 aliphatic carbocycles. The molecule has 0 N–H and O–H groups in total. The van der Waals surface area contributed by atoms with Crippen LogP contribution in [0.4, 0.5) is 0 Å². The SMILES string of the molecule is CCOC(=O)c1nnc(Cc2ccc3c(c2)OCO3)o1. The summed E-state index contributed by atoms with van der Waals surface area (Å²) in [5.41, 5.74) is 0.924. The summed E-state index contributed by atoms with van der Waals surface area (Å²) in [5.74, 6) is 0.991. The lowest BCUT2D eigenvalue weighted by Gasteiger charge is -1.99. The summed E-state index contributed by atoms with van der Waals surface area (Å²) in [4.78, 5) is 11.4. The average Bonchev–Trinajstić information content (AvgIpc) is 3.07. The average molecular weight is 276 g/mol. The van der Waals surface area contributed by atoms with Gasteiger partial charge in [-0.05, 0) is 24.6 Å². The maximum Gasteiger partial charge on any atom is 0.396 e. The van der Waals surface area contributed by atoms with Crippen LogP contribution in [0.5, 0.6) is 11.5 Å². The van der Waals surface area contributed by atoms with E-state index in [1.54, 1.807) is 6.92 Å². The lowest BCUT2D eigenvalue weighted by Crippen LogP contribution is -2.04. The van der Waals surface area contributed by atoms with Crippen LogP contribution in [0.25, 0.3) is 0 Å². The fourth-order valence-electron chi connectivity index (χ4n) is 1.83. The monoisotopic (exact) mass is 276 g/mol. The van der Waals surface area contributed by atoms with Crippen LogP contribution in [0, 0.1) is 0 Å². The zero-order valence-corrected chi connectivity index (χ0v) is 10.8. The van der Waals surface area contributed by atoms with Crippen molar-refractivity contribution in [3.8, 4) is 11.5 Å². The van der Waals surface area contributed by atoms with Gasteiger partial charge in [0, 0.05) is 0 Å². The van der Waals surface area contributed by atoms with Crippen molar-refractivity contribution in [3.05, 3.63) is 35.5 Å². The second-order valence-corrected chi connectivity index (χ2v) is 4.09. The number of fused-ring (bicyclic) bond motifs is 1. The van der Waals surface area contributed by atoms with Crippen LogP contribution in [-0.2, 0) is 11.2 Å². The minimum atomic E-state index is -0.614. The van der Waals surface area contributed by atoms with E-state index in [9.17, 15) is 4.79 Å². The topological polar surface area (TPSA) is 83.7 Å². The Labute approximate surface area is 114 Å². The molecule has 7 heteroatoms. The van der Waals surface area contributed by atoms with Gasteiger partial charge in [-0.15, -0.1) is 10.2 Å². The third-order valence-corrected chi connectivity index (χ3v) is 2.71. The van der Waals surface area contributed by atoms with Gasteiger partial charge in [0.15, 0.2) is 11.5 Å². The Bertz CT molecular complexity index is 637. The molecule has 104 valence electrons. The first-order valence-corrected chi connectivity index (χ1v) is 6.14. The molecule has 0 amide bonds. The molecular weight excluding hydrogens is 264 g/mol. The van der Waals surface area contributed by atoms with Gasteiger partial charge in [-0.3, -0.25) is 0 Å². The summed E-state index contributed by atoms with van der Waals surface area (Å²) < 4.78 is 20.6. The minimum Gasteiger partial charge on any atom is -0.459 e. The van der Waals surface area contributed by atoms with Crippen LogP contribution in [0.3, 0.4) is 0 Å². The van der Waals surface area contributed by atoms with Gasteiger partial charge in [0.05, 0.1) is 13.0 Å². The number of carbonyl (C=O) groups excluding carboxylic acids is 1. The van der Waals surface area contributed by atoms with Crippen molar-refractivity contribution in [2.24, 2.45) is 0 Å². The molecular formula is C13H12N2O5. The Balaban J connectivity index is 1.73. The summed E-state index contributed by atoms with van der Waals surface area (Å²) in [6.45, 7) is 2.20. The molecule has 0 bridgehead atoms. The third kappa shape index (κ3) is 2.42. The number of ether oxygens (including phenoxy) is 3. The Kier molecular flexibility index (Phi) is 3.24. The van der Waals surface area contributed by atoms with Crippen molar-refractivity contribution in [1.82, 2.24) is 10.2 Å². The van der Waals surface area contributed by atoms with E-state index in [2.05, 4.69) is 10.2 Å². The Morgan fingerprint density at radius 3 is 3.00 bits per heavy atom. The Morgan fingerprint density at radius 1 is 1.30 bits per heavy atom. The molecule has 2 aromatic rings. The number of hydrogen-bond acceptors (Lipinski definition) is 7. The van der Waals surface area contributed by atoms with Crippen LogP contribution in [0.2, 0.25) is 0 Å². The molecule has 1 aromatic heterocycles. The van der Waals surface area contributed by atoms with Crippen LogP contribution < -0.4 is 9.47 Å². The maximum atomic E-state index is 11.4. The van der Waals surface area contributed by atoms with Gasteiger partial charge in [0.2, 0.25) is 12.7 Å². The van der Waals surface area contributed by atoms with Crippen molar-refractivity contribution in [2.75, 3.05) is 13.4 Å². The first-order chi connectivity index (χ1) is 9.76. The highest BCUT2D eigenvalue weighted by atomic mass is 16.7. The first kappa shape index (κ1) is 12.5. The van der Waals surface area contributed by atoms with Crippen LogP contribution in [0.15, 0.2) is 22.6 Å². The number of nitrogens with zero attached hydrogens (tertiary/aromatic N) is 2. The molecule has 0 saturated heterocycles. The van der Waals surface area contributed by atoms with Crippen LogP contribution in [0.1, 0.15) is 29.1 Å². The maximum absolute atomic E-state index is 11.4. The van der Waals surface area contributed by atoms with Crippen LogP contribution >= 0.6 is 0 Å². The largest absolute Gasteiger partial charge is 0.459 e. The van der Waals surface area contributed by atoms with Gasteiger partial charge in [-0.2, -0.15) is 0 Å². The molecule has 20 heavy (non-hydrogen) atoms. The molecule has 1 aliphatic heterocycles. The van der Waals surface area contributed by atoms with E-state index in [0.717, 1.165) is 5.56 Å². The third-order valence-electron chi connectivity index (χ3n) is 2.71. The predicted molar refractivity (Wildman–Crippen MR) is 65.6 cm³/mol. The molecule has 0 unspecified atom stereocenters. The standard InChI is InChI=1S/C13H12N2O5/c1-2-17-13(16)12-15-14-11(20-12)6-8-3-4-9-10(5-8)19-7-18-9/h3-5H,2,6-7H2,1H3. The normalized spacial score (nSPS) is 12.4. The molecule has 0 fully saturated rings. The number of esters is 1. The second kappa shape index (κ2) is 5.20. The summed E-state index contributed by atoms with van der Waals surface area (Å²) in [6.07, 6.45) is 0.406. The van der Waals surface area contributed by atoms with E-state index < -0.39 is 5.97 Å². The lowest BCUT2D eigenvalue weighted by atomic mass is 10.1. The van der Waals surface area contributed by atoms with Gasteiger partial charge in [-0.1, -0.05) is 6.07 Å². The summed E-state index contributed by atoms with van der Waals surface area (Å²) >= 11 is 0. The molecule has 0 spiro atoms. The van der Waals surface area contributed by atoms with Crippen molar-refractivity contribution in [2.45, 2.75) is 13.3 Å². The summed E-state index contributed by atoms with van der Waals surface area (Å²) in [7, 11) is 0. The van der Waals surface area contributed by atoms with Gasteiger partial charge in [0.1, 0.15) is 0 Å². The van der Waals surface area contributed by atoms with Crippen molar-refractivity contribution < 1.29 is 23.4 Å². The number of aromatic nitrogens is 2. The molecule has 0 atom stereocenters. The highest BCUT2D eigenvalue weighted by Crippen LogP contribution is 2.32. The molecule has 1 aromatic carbocycles. The summed E-state index contributed by atoms with van der Waals surface area (Å²) in [6, 6.07) is 5.54. The molecule has 2 heterocycles. The highest BCUT2D eigenvalue weighted by Gasteiger charge is 2.17. The Morgan fingerprint density at radius 2 is 2.15 bits per heavy atom.